The summed E-state index contributed by atoms with van der Waals surface area (Å²) in [6.07, 6.45) is 8.61. The Morgan fingerprint density at radius 1 is 1.22 bits per heavy atom. The molecule has 0 radical (unpaired) electrons. The molecule has 1 aliphatic carbocycles. The highest BCUT2D eigenvalue weighted by atomic mass is 32.2. The van der Waals surface area contributed by atoms with Crippen LogP contribution in [0.25, 0.3) is 21.8 Å². The molecule has 32 heavy (non-hydrogen) atoms. The Bertz CT molecular complexity index is 1180. The second-order valence-electron chi connectivity index (χ2n) is 9.22. The van der Waals surface area contributed by atoms with Crippen molar-refractivity contribution < 1.29 is 14.3 Å². The van der Waals surface area contributed by atoms with Crippen molar-refractivity contribution in [1.82, 2.24) is 19.9 Å². The van der Waals surface area contributed by atoms with E-state index in [1.54, 1.807) is 0 Å². The molecule has 170 valence electrons. The van der Waals surface area contributed by atoms with Gasteiger partial charge in [-0.25, -0.2) is 14.8 Å². The fourth-order valence-corrected chi connectivity index (χ4v) is 4.71. The number of amides is 2. The zero-order valence-electron chi connectivity index (χ0n) is 18.8. The number of thioether (sulfide) groups is 1. The number of fused-ring (bicyclic) bond motifs is 3. The zero-order chi connectivity index (χ0) is 23.0. The third-order valence-corrected chi connectivity index (χ3v) is 6.34. The minimum absolute atomic E-state index is 0.0701. The minimum Gasteiger partial charge on any atom is -0.444 e. The van der Waals surface area contributed by atoms with Gasteiger partial charge in [-0.05, 0) is 52.7 Å². The minimum atomic E-state index is -0.519. The summed E-state index contributed by atoms with van der Waals surface area (Å²) < 4.78 is 7.54. The number of ether oxygens (including phenoxy) is 1. The molecule has 1 saturated carbocycles. The number of rotatable bonds is 4. The normalized spacial score (nSPS) is 19.2. The third-order valence-electron chi connectivity index (χ3n) is 5.78. The van der Waals surface area contributed by atoms with Gasteiger partial charge in [0.2, 0.25) is 0 Å². The fraction of sp³-hybridized carbons (Fsp3) is 0.478. The topological polar surface area (TPSA) is 112 Å². The van der Waals surface area contributed by atoms with Gasteiger partial charge >= 0.3 is 6.09 Å². The number of aromatic nitrogens is 3. The number of alkyl carbamates (subject to hydrolysis) is 1. The SMILES string of the molecule is CSc1ncc2ccc3c(C(N)=O)cn(C4CCC(NC(=O)OC(C)(C)C)CC4)c3c2n1. The lowest BCUT2D eigenvalue weighted by molar-refractivity contribution is 0.0488. The average molecular weight is 456 g/mol. The van der Waals surface area contributed by atoms with Gasteiger partial charge < -0.3 is 20.4 Å². The van der Waals surface area contributed by atoms with E-state index < -0.39 is 11.5 Å². The van der Waals surface area contributed by atoms with Crippen molar-refractivity contribution in [3.8, 4) is 0 Å². The molecule has 9 heteroatoms. The third kappa shape index (κ3) is 4.53. The van der Waals surface area contributed by atoms with Crippen molar-refractivity contribution in [2.45, 2.75) is 69.3 Å². The molecule has 3 aromatic rings. The monoisotopic (exact) mass is 455 g/mol. The van der Waals surface area contributed by atoms with Crippen LogP contribution in [-0.4, -0.2) is 44.4 Å². The van der Waals surface area contributed by atoms with Crippen molar-refractivity contribution in [1.29, 1.82) is 0 Å². The van der Waals surface area contributed by atoms with Crippen molar-refractivity contribution in [3.63, 3.8) is 0 Å². The van der Waals surface area contributed by atoms with Gasteiger partial charge in [0.1, 0.15) is 5.60 Å². The first kappa shape index (κ1) is 22.4. The maximum Gasteiger partial charge on any atom is 0.407 e. The summed E-state index contributed by atoms with van der Waals surface area (Å²) in [5, 5.41) is 5.40. The van der Waals surface area contributed by atoms with Crippen LogP contribution < -0.4 is 11.1 Å². The van der Waals surface area contributed by atoms with Crippen LogP contribution in [0.4, 0.5) is 4.79 Å². The molecule has 3 N–H and O–H groups in total. The highest BCUT2D eigenvalue weighted by molar-refractivity contribution is 7.98. The highest BCUT2D eigenvalue weighted by Crippen LogP contribution is 2.36. The molecule has 2 heterocycles. The number of nitrogens with zero attached hydrogens (tertiary/aromatic N) is 3. The Labute approximate surface area is 191 Å². The average Bonchev–Trinajstić information content (AvgIpc) is 3.13. The summed E-state index contributed by atoms with van der Waals surface area (Å²) in [5.74, 6) is -0.451. The molecule has 0 bridgehead atoms. The van der Waals surface area contributed by atoms with Gasteiger partial charge in [0.25, 0.3) is 5.91 Å². The molecule has 8 nitrogen and oxygen atoms in total. The first-order valence-electron chi connectivity index (χ1n) is 10.8. The molecule has 2 amide bonds. The van der Waals surface area contributed by atoms with Crippen LogP contribution in [-0.2, 0) is 4.74 Å². The highest BCUT2D eigenvalue weighted by Gasteiger charge is 2.28. The number of carbonyl (C=O) groups is 2. The van der Waals surface area contributed by atoms with E-state index in [1.165, 1.54) is 11.8 Å². The lowest BCUT2D eigenvalue weighted by atomic mass is 9.91. The van der Waals surface area contributed by atoms with Gasteiger partial charge in [0, 0.05) is 35.2 Å². The van der Waals surface area contributed by atoms with E-state index in [-0.39, 0.29) is 18.2 Å². The van der Waals surface area contributed by atoms with Gasteiger partial charge in [0.15, 0.2) is 5.16 Å². The first-order valence-corrected chi connectivity index (χ1v) is 12.0. The quantitative estimate of drug-likeness (QED) is 0.445. The van der Waals surface area contributed by atoms with Gasteiger partial charge in [0.05, 0.1) is 16.6 Å². The van der Waals surface area contributed by atoms with Gasteiger partial charge in [-0.2, -0.15) is 0 Å². The van der Waals surface area contributed by atoms with Gasteiger partial charge in [-0.1, -0.05) is 23.9 Å². The summed E-state index contributed by atoms with van der Waals surface area (Å²) in [6, 6.07) is 4.10. The Kier molecular flexibility index (Phi) is 6.03. The Balaban J connectivity index is 1.64. The van der Waals surface area contributed by atoms with Crippen LogP contribution in [0.3, 0.4) is 0 Å². The fourth-order valence-electron chi connectivity index (χ4n) is 4.37. The molecular formula is C23H29N5O3S. The van der Waals surface area contributed by atoms with Crippen LogP contribution >= 0.6 is 11.8 Å². The van der Waals surface area contributed by atoms with E-state index in [0.29, 0.717) is 10.7 Å². The van der Waals surface area contributed by atoms with E-state index in [9.17, 15) is 9.59 Å². The Morgan fingerprint density at radius 2 is 1.94 bits per heavy atom. The predicted octanol–water partition coefficient (Wildman–Crippen LogP) is 4.41. The molecule has 1 aliphatic rings. The molecule has 0 saturated heterocycles. The van der Waals surface area contributed by atoms with E-state index in [0.717, 1.165) is 47.5 Å². The predicted molar refractivity (Wildman–Crippen MR) is 126 cm³/mol. The molecule has 0 unspecified atom stereocenters. The molecule has 0 aliphatic heterocycles. The summed E-state index contributed by atoms with van der Waals surface area (Å²) in [7, 11) is 0. The Morgan fingerprint density at radius 3 is 2.56 bits per heavy atom. The number of nitrogens with two attached hydrogens (primary N) is 1. The second kappa shape index (κ2) is 8.61. The van der Waals surface area contributed by atoms with Crippen LogP contribution in [0, 0.1) is 0 Å². The number of nitrogens with one attached hydrogen (secondary N) is 1. The maximum absolute atomic E-state index is 12.2. The lowest BCUT2D eigenvalue weighted by Crippen LogP contribution is -2.41. The smallest absolute Gasteiger partial charge is 0.407 e. The summed E-state index contributed by atoms with van der Waals surface area (Å²) in [4.78, 5) is 33.4. The number of carbonyl (C=O) groups excluding carboxylic acids is 2. The van der Waals surface area contributed by atoms with E-state index in [1.807, 2.05) is 51.6 Å². The molecule has 1 fully saturated rings. The lowest BCUT2D eigenvalue weighted by Gasteiger charge is -2.31. The largest absolute Gasteiger partial charge is 0.444 e. The molecule has 2 aromatic heterocycles. The number of hydrogen-bond donors (Lipinski definition) is 2. The first-order chi connectivity index (χ1) is 15.2. The van der Waals surface area contributed by atoms with Crippen LogP contribution in [0.15, 0.2) is 29.7 Å². The van der Waals surface area contributed by atoms with E-state index in [4.69, 9.17) is 15.5 Å². The molecule has 0 atom stereocenters. The van der Waals surface area contributed by atoms with Crippen molar-refractivity contribution in [2.24, 2.45) is 5.73 Å². The zero-order valence-corrected chi connectivity index (χ0v) is 19.7. The van der Waals surface area contributed by atoms with Crippen LogP contribution in [0.2, 0.25) is 0 Å². The number of benzene rings is 1. The molecular weight excluding hydrogens is 426 g/mol. The molecule has 4 rings (SSSR count). The number of hydrogen-bond acceptors (Lipinski definition) is 6. The van der Waals surface area contributed by atoms with Crippen molar-refractivity contribution >= 4 is 45.6 Å². The van der Waals surface area contributed by atoms with Crippen LogP contribution in [0.1, 0.15) is 62.9 Å². The van der Waals surface area contributed by atoms with Crippen LogP contribution in [0.5, 0.6) is 0 Å². The molecule has 1 aromatic carbocycles. The second-order valence-corrected chi connectivity index (χ2v) is 10.00. The summed E-state index contributed by atoms with van der Waals surface area (Å²) in [5.41, 5.74) is 7.42. The Hall–Kier alpha value is -2.81. The summed E-state index contributed by atoms with van der Waals surface area (Å²) in [6.45, 7) is 5.56. The standard InChI is InChI=1S/C23H29N5O3S/c1-23(2,3)31-22(30)26-14-6-8-15(9-7-14)28-12-17(20(24)29)16-10-5-13-11-25-21(32-4)27-18(13)19(16)28/h5,10-12,14-15H,6-9H2,1-4H3,(H2,24,29)(H,26,30). The van der Waals surface area contributed by atoms with E-state index in [2.05, 4.69) is 14.9 Å². The van der Waals surface area contributed by atoms with Crippen molar-refractivity contribution in [3.05, 3.63) is 30.1 Å². The maximum atomic E-state index is 12.2. The van der Waals surface area contributed by atoms with Gasteiger partial charge in [-0.15, -0.1) is 0 Å². The molecule has 0 spiro atoms. The van der Waals surface area contributed by atoms with Gasteiger partial charge in [-0.3, -0.25) is 4.79 Å². The summed E-state index contributed by atoms with van der Waals surface area (Å²) >= 11 is 1.48. The van der Waals surface area contributed by atoms with Crippen molar-refractivity contribution in [2.75, 3.05) is 6.26 Å². The number of primary amides is 1. The van der Waals surface area contributed by atoms with E-state index >= 15 is 0 Å².